The van der Waals surface area contributed by atoms with E-state index in [4.69, 9.17) is 23.2 Å². The molecule has 2 aromatic carbocycles. The second kappa shape index (κ2) is 6.51. The van der Waals surface area contributed by atoms with Crippen molar-refractivity contribution in [3.63, 3.8) is 0 Å². The summed E-state index contributed by atoms with van der Waals surface area (Å²) in [5.74, 6) is 0.300. The zero-order valence-corrected chi connectivity index (χ0v) is 12.2. The average molecular weight is 317 g/mol. The van der Waals surface area contributed by atoms with E-state index in [1.165, 1.54) is 12.1 Å². The van der Waals surface area contributed by atoms with Gasteiger partial charge in [-0.05, 0) is 35.4 Å². The lowest BCUT2D eigenvalue weighted by molar-refractivity contribution is 0.627. The Bertz CT molecular complexity index is 616. The summed E-state index contributed by atoms with van der Waals surface area (Å²) in [6.45, 7) is 0. The van der Waals surface area contributed by atoms with Gasteiger partial charge in [0.05, 0.1) is 5.75 Å². The van der Waals surface area contributed by atoms with Gasteiger partial charge in [-0.2, -0.15) is 0 Å². The maximum Gasteiger partial charge on any atom is 0.124 e. The fourth-order valence-electron chi connectivity index (χ4n) is 1.68. The molecular weight excluding hydrogens is 306 g/mol. The van der Waals surface area contributed by atoms with Gasteiger partial charge in [0.15, 0.2) is 0 Å². The van der Waals surface area contributed by atoms with Gasteiger partial charge in [0, 0.05) is 26.6 Å². The van der Waals surface area contributed by atoms with E-state index in [1.54, 1.807) is 18.2 Å². The molecule has 0 spiro atoms. The van der Waals surface area contributed by atoms with E-state index >= 15 is 0 Å². The molecule has 5 heteroatoms. The predicted octanol–water partition coefficient (Wildman–Crippen LogP) is 4.58. The van der Waals surface area contributed by atoms with Crippen LogP contribution in [-0.4, -0.2) is 4.21 Å². The predicted molar refractivity (Wildman–Crippen MR) is 78.4 cm³/mol. The number of hydrogen-bond donors (Lipinski definition) is 0. The topological polar surface area (TPSA) is 17.1 Å². The standard InChI is InChI=1S/C14H11Cl2FOS/c15-12-3-1-2-10(6-12)8-19(18)9-11-4-5-13(17)7-14(11)16/h1-7H,8-9H2. The minimum absolute atomic E-state index is 0.297. The van der Waals surface area contributed by atoms with E-state index in [1.807, 2.05) is 12.1 Å². The summed E-state index contributed by atoms with van der Waals surface area (Å²) in [5, 5.41) is 0.925. The molecule has 0 bridgehead atoms. The summed E-state index contributed by atoms with van der Waals surface area (Å²) < 4.78 is 24.9. The smallest absolute Gasteiger partial charge is 0.124 e. The molecule has 2 rings (SSSR count). The average Bonchev–Trinajstić information content (AvgIpc) is 2.33. The Kier molecular flexibility index (Phi) is 4.97. The Morgan fingerprint density at radius 3 is 2.53 bits per heavy atom. The van der Waals surface area contributed by atoms with Gasteiger partial charge in [-0.3, -0.25) is 4.21 Å². The third-order valence-corrected chi connectivity index (χ3v) is 4.42. The van der Waals surface area contributed by atoms with Crippen LogP contribution < -0.4 is 0 Å². The molecule has 1 unspecified atom stereocenters. The molecule has 0 heterocycles. The van der Waals surface area contributed by atoms with E-state index in [2.05, 4.69) is 0 Å². The van der Waals surface area contributed by atoms with Crippen LogP contribution in [0, 0.1) is 5.82 Å². The molecule has 100 valence electrons. The molecule has 1 atom stereocenters. The number of halogens is 3. The van der Waals surface area contributed by atoms with Crippen molar-refractivity contribution in [1.82, 2.24) is 0 Å². The lowest BCUT2D eigenvalue weighted by Gasteiger charge is -2.05. The number of benzene rings is 2. The van der Waals surface area contributed by atoms with E-state index in [0.29, 0.717) is 27.1 Å². The summed E-state index contributed by atoms with van der Waals surface area (Å²) in [4.78, 5) is 0. The summed E-state index contributed by atoms with van der Waals surface area (Å²) >= 11 is 11.8. The molecule has 0 amide bonds. The molecule has 0 aliphatic rings. The van der Waals surface area contributed by atoms with Gasteiger partial charge in [-0.15, -0.1) is 0 Å². The van der Waals surface area contributed by atoms with Gasteiger partial charge in [0.2, 0.25) is 0 Å². The highest BCUT2D eigenvalue weighted by Gasteiger charge is 2.08. The Morgan fingerprint density at radius 2 is 1.84 bits per heavy atom. The van der Waals surface area contributed by atoms with Gasteiger partial charge in [-0.25, -0.2) is 4.39 Å². The van der Waals surface area contributed by atoms with Crippen molar-refractivity contribution >= 4 is 34.0 Å². The third kappa shape index (κ3) is 4.30. The van der Waals surface area contributed by atoms with Crippen LogP contribution in [-0.2, 0) is 22.3 Å². The van der Waals surface area contributed by atoms with Crippen molar-refractivity contribution in [2.75, 3.05) is 0 Å². The van der Waals surface area contributed by atoms with Gasteiger partial charge in [0.25, 0.3) is 0 Å². The van der Waals surface area contributed by atoms with Crippen LogP contribution in [0.25, 0.3) is 0 Å². The number of hydrogen-bond acceptors (Lipinski definition) is 1. The minimum Gasteiger partial charge on any atom is -0.259 e. The van der Waals surface area contributed by atoms with E-state index < -0.39 is 16.6 Å². The second-order valence-electron chi connectivity index (χ2n) is 4.09. The Labute approximate surface area is 123 Å². The SMILES string of the molecule is O=S(Cc1cccc(Cl)c1)Cc1ccc(F)cc1Cl. The molecule has 19 heavy (non-hydrogen) atoms. The van der Waals surface area contributed by atoms with Gasteiger partial charge in [0.1, 0.15) is 5.82 Å². The molecular formula is C14H11Cl2FOS. The molecule has 0 aliphatic heterocycles. The highest BCUT2D eigenvalue weighted by Crippen LogP contribution is 2.20. The van der Waals surface area contributed by atoms with Crippen LogP contribution in [0.5, 0.6) is 0 Å². The maximum atomic E-state index is 12.9. The van der Waals surface area contributed by atoms with Crippen LogP contribution in [0.1, 0.15) is 11.1 Å². The molecule has 0 aliphatic carbocycles. The van der Waals surface area contributed by atoms with E-state index in [-0.39, 0.29) is 0 Å². The van der Waals surface area contributed by atoms with E-state index in [9.17, 15) is 8.60 Å². The highest BCUT2D eigenvalue weighted by molar-refractivity contribution is 7.83. The first-order chi connectivity index (χ1) is 9.04. The Balaban J connectivity index is 2.05. The molecule has 0 radical (unpaired) electrons. The molecule has 2 aromatic rings. The molecule has 1 nitrogen and oxygen atoms in total. The first kappa shape index (κ1) is 14.5. The molecule has 0 saturated heterocycles. The van der Waals surface area contributed by atoms with Crippen molar-refractivity contribution < 1.29 is 8.60 Å². The first-order valence-electron chi connectivity index (χ1n) is 5.58. The van der Waals surface area contributed by atoms with Gasteiger partial charge < -0.3 is 0 Å². The largest absolute Gasteiger partial charge is 0.259 e. The van der Waals surface area contributed by atoms with Gasteiger partial charge in [-0.1, -0.05) is 41.4 Å². The first-order valence-corrected chi connectivity index (χ1v) is 7.82. The van der Waals surface area contributed by atoms with Crippen LogP contribution in [0.15, 0.2) is 42.5 Å². The van der Waals surface area contributed by atoms with Crippen LogP contribution >= 0.6 is 23.2 Å². The lowest BCUT2D eigenvalue weighted by Crippen LogP contribution is -2.00. The summed E-state index contributed by atoms with van der Waals surface area (Å²) in [6.07, 6.45) is 0. The Hall–Kier alpha value is -0.900. The Morgan fingerprint density at radius 1 is 1.05 bits per heavy atom. The van der Waals surface area contributed by atoms with E-state index in [0.717, 1.165) is 5.56 Å². The van der Waals surface area contributed by atoms with Crippen molar-refractivity contribution in [2.45, 2.75) is 11.5 Å². The zero-order chi connectivity index (χ0) is 13.8. The number of rotatable bonds is 4. The zero-order valence-electron chi connectivity index (χ0n) is 9.91. The third-order valence-electron chi connectivity index (χ3n) is 2.55. The van der Waals surface area contributed by atoms with Crippen molar-refractivity contribution in [1.29, 1.82) is 0 Å². The second-order valence-corrected chi connectivity index (χ2v) is 6.39. The van der Waals surface area contributed by atoms with Crippen LogP contribution in [0.4, 0.5) is 4.39 Å². The molecule has 0 N–H and O–H groups in total. The quantitative estimate of drug-likeness (QED) is 0.806. The summed E-state index contributed by atoms with van der Waals surface area (Å²) in [7, 11) is -1.11. The van der Waals surface area contributed by atoms with Crippen molar-refractivity contribution in [2.24, 2.45) is 0 Å². The summed E-state index contributed by atoms with van der Waals surface area (Å²) in [6, 6.07) is 11.4. The van der Waals surface area contributed by atoms with Crippen molar-refractivity contribution in [3.05, 3.63) is 69.5 Å². The molecule has 0 fully saturated rings. The molecule has 0 saturated carbocycles. The van der Waals surface area contributed by atoms with Crippen molar-refractivity contribution in [3.8, 4) is 0 Å². The fourth-order valence-corrected chi connectivity index (χ4v) is 3.45. The minimum atomic E-state index is -1.11. The van der Waals surface area contributed by atoms with Crippen LogP contribution in [0.2, 0.25) is 10.0 Å². The maximum absolute atomic E-state index is 12.9. The van der Waals surface area contributed by atoms with Crippen LogP contribution in [0.3, 0.4) is 0 Å². The van der Waals surface area contributed by atoms with Gasteiger partial charge >= 0.3 is 0 Å². The normalized spacial score (nSPS) is 12.4. The fraction of sp³-hybridized carbons (Fsp3) is 0.143. The highest BCUT2D eigenvalue weighted by atomic mass is 35.5. The monoisotopic (exact) mass is 316 g/mol. The molecule has 0 aromatic heterocycles. The lowest BCUT2D eigenvalue weighted by atomic mass is 10.2. The summed E-state index contributed by atoms with van der Waals surface area (Å²) in [5.41, 5.74) is 1.59.